The largest absolute Gasteiger partial charge is 0.463 e. The molecule has 0 aromatic carbocycles. The molecule has 1 aromatic heterocycles. The maximum Gasteiger partial charge on any atom is 0.373 e. The highest BCUT2D eigenvalue weighted by Gasteiger charge is 2.26. The van der Waals surface area contributed by atoms with Crippen LogP contribution in [-0.4, -0.2) is 13.1 Å². The molecule has 88 valence electrons. The highest BCUT2D eigenvalue weighted by Crippen LogP contribution is 2.34. The lowest BCUT2D eigenvalue weighted by Gasteiger charge is -2.15. The van der Waals surface area contributed by atoms with Gasteiger partial charge in [-0.25, -0.2) is 4.79 Å². The van der Waals surface area contributed by atoms with Crippen molar-refractivity contribution in [2.45, 2.75) is 31.7 Å². The number of esters is 1. The van der Waals surface area contributed by atoms with Crippen molar-refractivity contribution in [3.8, 4) is 0 Å². The third-order valence-electron chi connectivity index (χ3n) is 3.25. The lowest BCUT2D eigenvalue weighted by molar-refractivity contribution is 0.0561. The van der Waals surface area contributed by atoms with Crippen LogP contribution in [-0.2, 0) is 4.74 Å². The number of carbonyl (C=O) groups is 1. The Balaban J connectivity index is 2.08. The van der Waals surface area contributed by atoms with Crippen molar-refractivity contribution in [1.82, 2.24) is 0 Å². The molecule has 1 aliphatic carbocycles. The first-order chi connectivity index (χ1) is 7.72. The molecule has 1 saturated carbocycles. The lowest BCUT2D eigenvalue weighted by Crippen LogP contribution is -2.18. The molecule has 16 heavy (non-hydrogen) atoms. The predicted octanol–water partition coefficient (Wildman–Crippen LogP) is 2.26. The quantitative estimate of drug-likeness (QED) is 0.798. The van der Waals surface area contributed by atoms with E-state index in [1.807, 2.05) is 0 Å². The molecule has 0 amide bonds. The van der Waals surface area contributed by atoms with Crippen molar-refractivity contribution in [2.24, 2.45) is 11.7 Å². The minimum absolute atomic E-state index is 0.0964. The van der Waals surface area contributed by atoms with Crippen LogP contribution in [0.4, 0.5) is 0 Å². The minimum atomic E-state index is -0.454. The smallest absolute Gasteiger partial charge is 0.373 e. The minimum Gasteiger partial charge on any atom is -0.463 e. The summed E-state index contributed by atoms with van der Waals surface area (Å²) < 4.78 is 9.99. The number of rotatable bonds is 3. The molecular formula is C12H17NO3. The fourth-order valence-electron chi connectivity index (χ4n) is 2.29. The van der Waals surface area contributed by atoms with Crippen LogP contribution < -0.4 is 5.73 Å². The summed E-state index contributed by atoms with van der Waals surface area (Å²) >= 11 is 0. The van der Waals surface area contributed by atoms with Crippen LogP contribution in [0.3, 0.4) is 0 Å². The Bertz CT molecular complexity index is 366. The van der Waals surface area contributed by atoms with E-state index in [9.17, 15) is 4.79 Å². The van der Waals surface area contributed by atoms with Gasteiger partial charge in [0.2, 0.25) is 5.76 Å². The van der Waals surface area contributed by atoms with E-state index in [1.165, 1.54) is 20.0 Å². The van der Waals surface area contributed by atoms with Gasteiger partial charge in [0.05, 0.1) is 13.2 Å². The van der Waals surface area contributed by atoms with Crippen molar-refractivity contribution in [3.63, 3.8) is 0 Å². The average molecular weight is 223 g/mol. The molecule has 1 aliphatic rings. The molecule has 0 spiro atoms. The lowest BCUT2D eigenvalue weighted by atomic mass is 9.97. The summed E-state index contributed by atoms with van der Waals surface area (Å²) in [5.41, 5.74) is 6.11. The summed E-state index contributed by atoms with van der Waals surface area (Å²) in [6, 6.07) is 3.30. The molecule has 0 aliphatic heterocycles. The molecule has 1 aromatic rings. The molecule has 1 fully saturated rings. The molecule has 2 rings (SSSR count). The van der Waals surface area contributed by atoms with Gasteiger partial charge in [-0.2, -0.15) is 0 Å². The highest BCUT2D eigenvalue weighted by molar-refractivity contribution is 5.86. The molecular weight excluding hydrogens is 206 g/mol. The van der Waals surface area contributed by atoms with E-state index >= 15 is 0 Å². The average Bonchev–Trinajstić information content (AvgIpc) is 2.97. The fourth-order valence-corrected chi connectivity index (χ4v) is 2.29. The number of ether oxygens (including phenoxy) is 1. The van der Waals surface area contributed by atoms with Gasteiger partial charge >= 0.3 is 5.97 Å². The van der Waals surface area contributed by atoms with E-state index in [-0.39, 0.29) is 11.8 Å². The molecule has 4 heteroatoms. The predicted molar refractivity (Wildman–Crippen MR) is 58.9 cm³/mol. The van der Waals surface area contributed by atoms with E-state index in [2.05, 4.69) is 4.74 Å². The van der Waals surface area contributed by atoms with Gasteiger partial charge in [0.25, 0.3) is 0 Å². The normalized spacial score (nSPS) is 18.6. The number of nitrogens with two attached hydrogens (primary N) is 1. The molecule has 1 heterocycles. The van der Waals surface area contributed by atoms with Crippen molar-refractivity contribution in [2.75, 3.05) is 7.11 Å². The second-order valence-corrected chi connectivity index (χ2v) is 4.26. The number of methoxy groups -OCH3 is 1. The van der Waals surface area contributed by atoms with Gasteiger partial charge in [-0.05, 0) is 30.9 Å². The van der Waals surface area contributed by atoms with E-state index in [0.717, 1.165) is 12.8 Å². The number of hydrogen-bond acceptors (Lipinski definition) is 4. The van der Waals surface area contributed by atoms with Gasteiger partial charge in [-0.1, -0.05) is 12.8 Å². The second-order valence-electron chi connectivity index (χ2n) is 4.26. The Kier molecular flexibility index (Phi) is 3.29. The molecule has 4 nitrogen and oxygen atoms in total. The molecule has 1 atom stereocenters. The molecule has 2 N–H and O–H groups in total. The summed E-state index contributed by atoms with van der Waals surface area (Å²) in [5, 5.41) is 0. The topological polar surface area (TPSA) is 65.5 Å². The Morgan fingerprint density at radius 3 is 2.81 bits per heavy atom. The Labute approximate surface area is 94.8 Å². The summed E-state index contributed by atoms with van der Waals surface area (Å²) in [4.78, 5) is 11.2. The molecule has 0 saturated heterocycles. The van der Waals surface area contributed by atoms with Crippen LogP contribution in [0.2, 0.25) is 0 Å². The van der Waals surface area contributed by atoms with Crippen LogP contribution in [0.25, 0.3) is 0 Å². The Morgan fingerprint density at radius 1 is 1.50 bits per heavy atom. The SMILES string of the molecule is COC(=O)c1ccc(C(N)C2CCCC2)o1. The highest BCUT2D eigenvalue weighted by atomic mass is 16.5. The number of furan rings is 1. The fraction of sp³-hybridized carbons (Fsp3) is 0.583. The number of carbonyl (C=O) groups excluding carboxylic acids is 1. The van der Waals surface area contributed by atoms with Gasteiger partial charge in [0, 0.05) is 0 Å². The van der Waals surface area contributed by atoms with Gasteiger partial charge in [-0.3, -0.25) is 0 Å². The van der Waals surface area contributed by atoms with Crippen LogP contribution in [0.5, 0.6) is 0 Å². The zero-order valence-electron chi connectivity index (χ0n) is 9.44. The van der Waals surface area contributed by atoms with Crippen LogP contribution >= 0.6 is 0 Å². The third-order valence-corrected chi connectivity index (χ3v) is 3.25. The number of hydrogen-bond donors (Lipinski definition) is 1. The molecule has 0 bridgehead atoms. The maximum atomic E-state index is 11.2. The zero-order valence-corrected chi connectivity index (χ0v) is 9.44. The van der Waals surface area contributed by atoms with Crippen LogP contribution in [0, 0.1) is 5.92 Å². The van der Waals surface area contributed by atoms with Gasteiger partial charge in [0.15, 0.2) is 0 Å². The summed E-state index contributed by atoms with van der Waals surface area (Å²) in [6.07, 6.45) is 4.77. The first-order valence-corrected chi connectivity index (χ1v) is 5.66. The van der Waals surface area contributed by atoms with Crippen molar-refractivity contribution in [3.05, 3.63) is 23.7 Å². The standard InChI is InChI=1S/C12H17NO3/c1-15-12(14)10-7-6-9(16-10)11(13)8-4-2-3-5-8/h6-8,11H,2-5,13H2,1H3. The van der Waals surface area contributed by atoms with Crippen LogP contribution in [0.15, 0.2) is 16.5 Å². The molecule has 1 unspecified atom stereocenters. The van der Waals surface area contributed by atoms with Crippen molar-refractivity contribution >= 4 is 5.97 Å². The van der Waals surface area contributed by atoms with E-state index in [1.54, 1.807) is 12.1 Å². The monoisotopic (exact) mass is 223 g/mol. The zero-order chi connectivity index (χ0) is 11.5. The summed E-state index contributed by atoms with van der Waals surface area (Å²) in [7, 11) is 1.33. The van der Waals surface area contributed by atoms with Crippen LogP contribution in [0.1, 0.15) is 48.0 Å². The second kappa shape index (κ2) is 4.70. The van der Waals surface area contributed by atoms with E-state index < -0.39 is 5.97 Å². The first-order valence-electron chi connectivity index (χ1n) is 5.66. The molecule has 0 radical (unpaired) electrons. The van der Waals surface area contributed by atoms with E-state index in [4.69, 9.17) is 10.2 Å². The van der Waals surface area contributed by atoms with Crippen molar-refractivity contribution in [1.29, 1.82) is 0 Å². The van der Waals surface area contributed by atoms with Gasteiger partial charge in [0.1, 0.15) is 5.76 Å². The van der Waals surface area contributed by atoms with Crippen molar-refractivity contribution < 1.29 is 13.9 Å². The Morgan fingerprint density at radius 2 is 2.19 bits per heavy atom. The van der Waals surface area contributed by atoms with E-state index in [0.29, 0.717) is 11.7 Å². The first kappa shape index (κ1) is 11.2. The summed E-state index contributed by atoms with van der Waals surface area (Å²) in [5.74, 6) is 0.944. The van der Waals surface area contributed by atoms with Gasteiger partial charge in [-0.15, -0.1) is 0 Å². The van der Waals surface area contributed by atoms with Gasteiger partial charge < -0.3 is 14.9 Å². The summed E-state index contributed by atoms with van der Waals surface area (Å²) in [6.45, 7) is 0. The third kappa shape index (κ3) is 2.11. The maximum absolute atomic E-state index is 11.2. The Hall–Kier alpha value is -1.29.